The van der Waals surface area contributed by atoms with E-state index in [2.05, 4.69) is 10.6 Å². The Labute approximate surface area is 132 Å². The van der Waals surface area contributed by atoms with Crippen LogP contribution in [0, 0.1) is 0 Å². The first kappa shape index (κ1) is 18.7. The van der Waals surface area contributed by atoms with Crippen molar-refractivity contribution in [2.75, 3.05) is 19.7 Å². The first-order valence-corrected chi connectivity index (χ1v) is 6.68. The lowest BCUT2D eigenvalue weighted by Gasteiger charge is -2.24. The highest BCUT2D eigenvalue weighted by molar-refractivity contribution is 5.85. The van der Waals surface area contributed by atoms with Crippen LogP contribution in [0.5, 0.6) is 0 Å². The predicted molar refractivity (Wildman–Crippen MR) is 77.9 cm³/mol. The lowest BCUT2D eigenvalue weighted by atomic mass is 10.1. The van der Waals surface area contributed by atoms with Crippen LogP contribution in [0.15, 0.2) is 24.3 Å². The number of rotatable bonds is 3. The second-order valence-corrected chi connectivity index (χ2v) is 4.91. The molecule has 2 rings (SSSR count). The van der Waals surface area contributed by atoms with Gasteiger partial charge in [-0.25, -0.2) is 0 Å². The largest absolute Gasteiger partial charge is 0.416 e. The molecule has 0 saturated carbocycles. The molecular weight excluding hydrogens is 321 g/mol. The molecular formula is C14H18ClF3N2O2. The van der Waals surface area contributed by atoms with E-state index in [1.165, 1.54) is 12.1 Å². The van der Waals surface area contributed by atoms with Gasteiger partial charge in [0.05, 0.1) is 18.2 Å². The van der Waals surface area contributed by atoms with Gasteiger partial charge in [0.1, 0.15) is 6.10 Å². The number of carbonyl (C=O) groups is 1. The summed E-state index contributed by atoms with van der Waals surface area (Å²) in [5, 5.41) is 5.78. The van der Waals surface area contributed by atoms with Crippen molar-refractivity contribution in [1.29, 1.82) is 0 Å². The number of hydrogen-bond donors (Lipinski definition) is 2. The lowest BCUT2D eigenvalue weighted by molar-refractivity contribution is -0.137. The highest BCUT2D eigenvalue weighted by atomic mass is 35.5. The van der Waals surface area contributed by atoms with Crippen molar-refractivity contribution in [3.05, 3.63) is 35.4 Å². The molecule has 0 aliphatic carbocycles. The molecule has 0 aromatic heterocycles. The second-order valence-electron chi connectivity index (χ2n) is 4.91. The molecule has 1 aromatic rings. The molecule has 0 radical (unpaired) electrons. The van der Waals surface area contributed by atoms with E-state index >= 15 is 0 Å². The number of benzene rings is 1. The van der Waals surface area contributed by atoms with Crippen LogP contribution < -0.4 is 10.6 Å². The zero-order valence-corrected chi connectivity index (χ0v) is 12.8. The highest BCUT2D eigenvalue weighted by Crippen LogP contribution is 2.29. The van der Waals surface area contributed by atoms with Gasteiger partial charge in [-0.1, -0.05) is 12.1 Å². The summed E-state index contributed by atoms with van der Waals surface area (Å²) in [6, 6.07) is 4.37. The molecule has 1 amide bonds. The van der Waals surface area contributed by atoms with Crippen molar-refractivity contribution in [2.24, 2.45) is 0 Å². The van der Waals surface area contributed by atoms with Crippen molar-refractivity contribution in [1.82, 2.24) is 10.6 Å². The molecule has 2 unspecified atom stereocenters. The molecule has 1 heterocycles. The summed E-state index contributed by atoms with van der Waals surface area (Å²) < 4.78 is 42.8. The van der Waals surface area contributed by atoms with Gasteiger partial charge in [0.2, 0.25) is 0 Å². The van der Waals surface area contributed by atoms with Gasteiger partial charge in [0, 0.05) is 13.1 Å². The number of nitrogens with one attached hydrogen (secondary N) is 2. The first-order chi connectivity index (χ1) is 9.88. The fraction of sp³-hybridized carbons (Fsp3) is 0.500. The molecule has 8 heteroatoms. The summed E-state index contributed by atoms with van der Waals surface area (Å²) in [7, 11) is 0. The van der Waals surface area contributed by atoms with Gasteiger partial charge >= 0.3 is 6.18 Å². The van der Waals surface area contributed by atoms with Gasteiger partial charge < -0.3 is 15.4 Å². The SMILES string of the molecule is CC(NC(=O)C1CNCCO1)c1ccc(C(F)(F)F)cc1.Cl. The molecule has 1 saturated heterocycles. The molecule has 4 nitrogen and oxygen atoms in total. The van der Waals surface area contributed by atoms with E-state index < -0.39 is 17.8 Å². The van der Waals surface area contributed by atoms with Gasteiger partial charge in [0.15, 0.2) is 0 Å². The minimum atomic E-state index is -4.35. The number of carbonyl (C=O) groups excluding carboxylic acids is 1. The maximum atomic E-state index is 12.5. The number of alkyl halides is 3. The summed E-state index contributed by atoms with van der Waals surface area (Å²) in [6.45, 7) is 3.33. The third-order valence-corrected chi connectivity index (χ3v) is 3.32. The second kappa shape index (κ2) is 7.80. The molecule has 1 aliphatic heterocycles. The molecule has 2 atom stereocenters. The van der Waals surface area contributed by atoms with Gasteiger partial charge in [-0.2, -0.15) is 13.2 Å². The Balaban J connectivity index is 0.00000242. The van der Waals surface area contributed by atoms with Crippen LogP contribution in [-0.2, 0) is 15.7 Å². The lowest BCUT2D eigenvalue weighted by Crippen LogP contribution is -2.48. The molecule has 0 spiro atoms. The summed E-state index contributed by atoms with van der Waals surface area (Å²) in [4.78, 5) is 12.0. The van der Waals surface area contributed by atoms with E-state index in [1.807, 2.05) is 0 Å². The van der Waals surface area contributed by atoms with Crippen LogP contribution in [0.25, 0.3) is 0 Å². The predicted octanol–water partition coefficient (Wildman–Crippen LogP) is 2.29. The molecule has 1 aromatic carbocycles. The maximum absolute atomic E-state index is 12.5. The third kappa shape index (κ3) is 4.86. The van der Waals surface area contributed by atoms with E-state index in [1.54, 1.807) is 6.92 Å². The van der Waals surface area contributed by atoms with E-state index in [0.717, 1.165) is 12.1 Å². The number of ether oxygens (including phenoxy) is 1. The fourth-order valence-corrected chi connectivity index (χ4v) is 2.08. The summed E-state index contributed by atoms with van der Waals surface area (Å²) in [5.74, 6) is -0.269. The molecule has 22 heavy (non-hydrogen) atoms. The van der Waals surface area contributed by atoms with E-state index in [-0.39, 0.29) is 24.4 Å². The monoisotopic (exact) mass is 338 g/mol. The fourth-order valence-electron chi connectivity index (χ4n) is 2.08. The van der Waals surface area contributed by atoms with Crippen LogP contribution in [-0.4, -0.2) is 31.7 Å². The minimum Gasteiger partial charge on any atom is -0.366 e. The number of hydrogen-bond acceptors (Lipinski definition) is 3. The Hall–Kier alpha value is -1.31. The van der Waals surface area contributed by atoms with Crippen LogP contribution in [0.2, 0.25) is 0 Å². The van der Waals surface area contributed by atoms with Gasteiger partial charge in [-0.3, -0.25) is 4.79 Å². The average molecular weight is 339 g/mol. The number of halogens is 4. The van der Waals surface area contributed by atoms with Crippen molar-refractivity contribution in [3.63, 3.8) is 0 Å². The molecule has 2 N–H and O–H groups in total. The molecule has 1 aliphatic rings. The van der Waals surface area contributed by atoms with E-state index in [4.69, 9.17) is 4.74 Å². The van der Waals surface area contributed by atoms with Crippen LogP contribution in [0.3, 0.4) is 0 Å². The Morgan fingerprint density at radius 3 is 2.50 bits per heavy atom. The quantitative estimate of drug-likeness (QED) is 0.889. The number of morpholine rings is 1. The van der Waals surface area contributed by atoms with Crippen molar-refractivity contribution in [3.8, 4) is 0 Å². The zero-order chi connectivity index (χ0) is 15.5. The van der Waals surface area contributed by atoms with E-state index in [9.17, 15) is 18.0 Å². The van der Waals surface area contributed by atoms with Crippen LogP contribution in [0.4, 0.5) is 13.2 Å². The van der Waals surface area contributed by atoms with Gasteiger partial charge in [-0.05, 0) is 24.6 Å². The third-order valence-electron chi connectivity index (χ3n) is 3.32. The summed E-state index contributed by atoms with van der Waals surface area (Å²) in [6.07, 6.45) is -4.91. The van der Waals surface area contributed by atoms with Crippen molar-refractivity contribution >= 4 is 18.3 Å². The normalized spacial score (nSPS) is 19.9. The Kier molecular flexibility index (Phi) is 6.65. The Bertz CT molecular complexity index is 488. The standard InChI is InChI=1S/C14H17F3N2O2.ClH/c1-9(19-13(20)12-8-18-6-7-21-12)10-2-4-11(5-3-10)14(15,16)17;/h2-5,9,12,18H,6-8H2,1H3,(H,19,20);1H. The first-order valence-electron chi connectivity index (χ1n) is 6.68. The zero-order valence-electron chi connectivity index (χ0n) is 11.9. The van der Waals surface area contributed by atoms with Crippen LogP contribution in [0.1, 0.15) is 24.1 Å². The topological polar surface area (TPSA) is 50.4 Å². The maximum Gasteiger partial charge on any atom is 0.416 e. The Morgan fingerprint density at radius 1 is 1.36 bits per heavy atom. The average Bonchev–Trinajstić information content (AvgIpc) is 2.47. The van der Waals surface area contributed by atoms with Crippen molar-refractivity contribution in [2.45, 2.75) is 25.2 Å². The summed E-state index contributed by atoms with van der Waals surface area (Å²) in [5.41, 5.74) is -0.0929. The van der Waals surface area contributed by atoms with Crippen molar-refractivity contribution < 1.29 is 22.7 Å². The summed E-state index contributed by atoms with van der Waals surface area (Å²) >= 11 is 0. The Morgan fingerprint density at radius 2 is 2.00 bits per heavy atom. The van der Waals surface area contributed by atoms with Gasteiger partial charge in [0.25, 0.3) is 5.91 Å². The highest BCUT2D eigenvalue weighted by Gasteiger charge is 2.30. The van der Waals surface area contributed by atoms with Crippen LogP contribution >= 0.6 is 12.4 Å². The van der Waals surface area contributed by atoms with E-state index in [0.29, 0.717) is 25.3 Å². The smallest absolute Gasteiger partial charge is 0.366 e. The van der Waals surface area contributed by atoms with Gasteiger partial charge in [-0.15, -0.1) is 12.4 Å². The molecule has 0 bridgehead atoms. The minimum absolute atomic E-state index is 0. The number of amides is 1. The molecule has 124 valence electrons. The molecule has 1 fully saturated rings.